The molecule has 2 heterocycles. The summed E-state index contributed by atoms with van der Waals surface area (Å²) in [7, 11) is 0. The lowest BCUT2D eigenvalue weighted by Gasteiger charge is -2.09. The molecule has 0 atom stereocenters. The second-order valence-corrected chi connectivity index (χ2v) is 5.18. The van der Waals surface area contributed by atoms with Gasteiger partial charge in [0.2, 0.25) is 6.79 Å². The Morgan fingerprint density at radius 3 is 2.82 bits per heavy atom. The van der Waals surface area contributed by atoms with Gasteiger partial charge in [0.25, 0.3) is 5.91 Å². The van der Waals surface area contributed by atoms with Gasteiger partial charge in [-0.1, -0.05) is 11.6 Å². The largest absolute Gasteiger partial charge is 0.454 e. The molecule has 0 radical (unpaired) electrons. The maximum atomic E-state index is 12.1. The van der Waals surface area contributed by atoms with E-state index in [0.29, 0.717) is 27.9 Å². The van der Waals surface area contributed by atoms with E-state index in [1.807, 2.05) is 0 Å². The first-order valence-electron chi connectivity index (χ1n) is 6.25. The van der Waals surface area contributed by atoms with Crippen molar-refractivity contribution < 1.29 is 14.3 Å². The molecule has 0 saturated carbocycles. The molecule has 1 amide bonds. The van der Waals surface area contributed by atoms with Crippen LogP contribution in [-0.2, 0) is 0 Å². The number of pyridine rings is 1. The smallest absolute Gasteiger partial charge is 0.257 e. The molecule has 0 unspecified atom stereocenters. The van der Waals surface area contributed by atoms with E-state index in [9.17, 15) is 4.79 Å². The van der Waals surface area contributed by atoms with Crippen molar-refractivity contribution in [3.05, 3.63) is 47.1 Å². The molecule has 0 saturated heterocycles. The summed E-state index contributed by atoms with van der Waals surface area (Å²) in [6, 6.07) is 8.22. The summed E-state index contributed by atoms with van der Waals surface area (Å²) in [5.74, 6) is 1.28. The van der Waals surface area contributed by atoms with Gasteiger partial charge < -0.3 is 14.8 Å². The van der Waals surface area contributed by atoms with E-state index in [1.165, 1.54) is 6.20 Å². The predicted octanol–water partition coefficient (Wildman–Crippen LogP) is 2.59. The van der Waals surface area contributed by atoms with E-state index in [-0.39, 0.29) is 17.8 Å². The molecule has 0 aliphatic carbocycles. The highest BCUT2D eigenvalue weighted by Gasteiger charge is 2.16. The van der Waals surface area contributed by atoms with Crippen molar-refractivity contribution in [2.45, 2.75) is 0 Å². The second kappa shape index (κ2) is 6.17. The molecule has 22 heavy (non-hydrogen) atoms. The van der Waals surface area contributed by atoms with Gasteiger partial charge in [0.15, 0.2) is 16.6 Å². The first-order chi connectivity index (χ1) is 10.6. The number of halogens is 1. The molecule has 1 aliphatic rings. The summed E-state index contributed by atoms with van der Waals surface area (Å²) in [6.07, 6.45) is 1.48. The lowest BCUT2D eigenvalue weighted by atomic mass is 10.2. The van der Waals surface area contributed by atoms with Crippen molar-refractivity contribution in [2.75, 3.05) is 12.1 Å². The normalized spacial score (nSPS) is 11.9. The van der Waals surface area contributed by atoms with E-state index >= 15 is 0 Å². The van der Waals surface area contributed by atoms with Crippen LogP contribution in [0.1, 0.15) is 10.4 Å². The average Bonchev–Trinajstić information content (AvgIpc) is 2.97. The first-order valence-corrected chi connectivity index (χ1v) is 7.04. The van der Waals surface area contributed by atoms with Crippen LogP contribution in [0.4, 0.5) is 5.82 Å². The van der Waals surface area contributed by atoms with Crippen LogP contribution in [0, 0.1) is 0 Å². The number of ether oxygens (including phenoxy) is 2. The van der Waals surface area contributed by atoms with Crippen LogP contribution in [0.15, 0.2) is 36.5 Å². The van der Waals surface area contributed by atoms with E-state index in [1.54, 1.807) is 30.3 Å². The molecule has 1 aromatic carbocycles. The molecular formula is C14H10ClN3O3S. The predicted molar refractivity (Wildman–Crippen MR) is 85.5 cm³/mol. The number of carbonyl (C=O) groups excluding carboxylic acids is 1. The summed E-state index contributed by atoms with van der Waals surface area (Å²) in [4.78, 5) is 16.1. The lowest BCUT2D eigenvalue weighted by Crippen LogP contribution is -2.34. The van der Waals surface area contributed by atoms with E-state index in [0.717, 1.165) is 0 Å². The van der Waals surface area contributed by atoms with E-state index in [2.05, 4.69) is 15.6 Å². The lowest BCUT2D eigenvalue weighted by molar-refractivity contribution is 0.0977. The fourth-order valence-electron chi connectivity index (χ4n) is 1.81. The third kappa shape index (κ3) is 3.26. The number of hydrogen-bond donors (Lipinski definition) is 2. The summed E-state index contributed by atoms with van der Waals surface area (Å²) in [5.41, 5.74) is 0.414. The van der Waals surface area contributed by atoms with Crippen LogP contribution >= 0.6 is 23.8 Å². The van der Waals surface area contributed by atoms with Gasteiger partial charge in [0.05, 0.1) is 5.02 Å². The zero-order chi connectivity index (χ0) is 15.5. The molecule has 2 aromatic rings. The van der Waals surface area contributed by atoms with Crippen LogP contribution in [-0.4, -0.2) is 22.8 Å². The maximum Gasteiger partial charge on any atom is 0.257 e. The molecule has 0 spiro atoms. The van der Waals surface area contributed by atoms with Gasteiger partial charge in [-0.15, -0.1) is 0 Å². The molecule has 1 aromatic heterocycles. The summed E-state index contributed by atoms with van der Waals surface area (Å²) < 4.78 is 10.4. The number of thiocarbonyl (C=S) groups is 1. The molecule has 6 nitrogen and oxygen atoms in total. The number of benzene rings is 1. The fourth-order valence-corrected chi connectivity index (χ4v) is 2.12. The Balaban J connectivity index is 1.63. The highest BCUT2D eigenvalue weighted by molar-refractivity contribution is 7.80. The third-order valence-electron chi connectivity index (χ3n) is 2.83. The molecule has 0 bridgehead atoms. The Kier molecular flexibility index (Phi) is 4.08. The average molecular weight is 336 g/mol. The minimum absolute atomic E-state index is 0.137. The number of aromatic nitrogens is 1. The SMILES string of the molecule is O=C(NC(=S)Nc1ccc(Cl)cn1)c1ccc2c(c1)OCO2. The van der Waals surface area contributed by atoms with Crippen molar-refractivity contribution >= 4 is 40.7 Å². The standard InChI is InChI=1S/C14H10ClN3O3S/c15-9-2-4-12(16-6-9)17-14(22)18-13(19)8-1-3-10-11(5-8)21-7-20-10/h1-6H,7H2,(H2,16,17,18,19,22). The number of nitrogens with zero attached hydrogens (tertiary/aromatic N) is 1. The van der Waals surface area contributed by atoms with Gasteiger partial charge in [0.1, 0.15) is 5.82 Å². The van der Waals surface area contributed by atoms with Crippen molar-refractivity contribution in [1.29, 1.82) is 0 Å². The number of fused-ring (bicyclic) bond motifs is 1. The zero-order valence-electron chi connectivity index (χ0n) is 11.1. The Morgan fingerprint density at radius 1 is 1.23 bits per heavy atom. The van der Waals surface area contributed by atoms with Gasteiger partial charge in [-0.2, -0.15) is 0 Å². The van der Waals surface area contributed by atoms with Crippen molar-refractivity contribution in [2.24, 2.45) is 0 Å². The summed E-state index contributed by atoms with van der Waals surface area (Å²) in [6.45, 7) is 0.155. The molecule has 112 valence electrons. The van der Waals surface area contributed by atoms with Crippen molar-refractivity contribution in [1.82, 2.24) is 10.3 Å². The van der Waals surface area contributed by atoms with Crippen LogP contribution in [0.3, 0.4) is 0 Å². The van der Waals surface area contributed by atoms with Crippen molar-refractivity contribution in [3.8, 4) is 11.5 Å². The molecular weight excluding hydrogens is 326 g/mol. The molecule has 3 rings (SSSR count). The molecule has 2 N–H and O–H groups in total. The monoisotopic (exact) mass is 335 g/mol. The molecule has 8 heteroatoms. The Bertz CT molecular complexity index is 737. The van der Waals surface area contributed by atoms with Crippen LogP contribution < -0.4 is 20.1 Å². The van der Waals surface area contributed by atoms with Gasteiger partial charge in [-0.25, -0.2) is 4.98 Å². The number of amides is 1. The van der Waals surface area contributed by atoms with E-state index in [4.69, 9.17) is 33.3 Å². The number of rotatable bonds is 2. The van der Waals surface area contributed by atoms with Gasteiger partial charge >= 0.3 is 0 Å². The number of hydrogen-bond acceptors (Lipinski definition) is 5. The highest BCUT2D eigenvalue weighted by Crippen LogP contribution is 2.32. The van der Waals surface area contributed by atoms with Gasteiger partial charge in [0, 0.05) is 11.8 Å². The summed E-state index contributed by atoms with van der Waals surface area (Å²) in [5, 5.41) is 6.01. The number of nitrogens with one attached hydrogen (secondary N) is 2. The minimum atomic E-state index is -0.357. The first kappa shape index (κ1) is 14.6. The molecule has 1 aliphatic heterocycles. The number of carbonyl (C=O) groups is 1. The third-order valence-corrected chi connectivity index (χ3v) is 3.26. The highest BCUT2D eigenvalue weighted by atomic mass is 35.5. The minimum Gasteiger partial charge on any atom is -0.454 e. The summed E-state index contributed by atoms with van der Waals surface area (Å²) >= 11 is 10.8. The maximum absolute atomic E-state index is 12.1. The number of anilines is 1. The molecule has 0 fully saturated rings. The van der Waals surface area contributed by atoms with Crippen molar-refractivity contribution in [3.63, 3.8) is 0 Å². The Hall–Kier alpha value is -2.38. The van der Waals surface area contributed by atoms with Gasteiger partial charge in [-0.3, -0.25) is 10.1 Å². The zero-order valence-corrected chi connectivity index (χ0v) is 12.7. The topological polar surface area (TPSA) is 72.5 Å². The Labute approximate surface area is 136 Å². The Morgan fingerprint density at radius 2 is 2.05 bits per heavy atom. The van der Waals surface area contributed by atoms with Crippen LogP contribution in [0.2, 0.25) is 5.02 Å². The fraction of sp³-hybridized carbons (Fsp3) is 0.0714. The van der Waals surface area contributed by atoms with E-state index < -0.39 is 0 Å². The van der Waals surface area contributed by atoms with Gasteiger partial charge in [-0.05, 0) is 42.5 Å². The quantitative estimate of drug-likeness (QED) is 0.822. The van der Waals surface area contributed by atoms with Crippen LogP contribution in [0.5, 0.6) is 11.5 Å². The second-order valence-electron chi connectivity index (χ2n) is 4.34. The van der Waals surface area contributed by atoms with Crippen LogP contribution in [0.25, 0.3) is 0 Å².